The summed E-state index contributed by atoms with van der Waals surface area (Å²) < 4.78 is 1.96. The Hall–Kier alpha value is -1.85. The van der Waals surface area contributed by atoms with Gasteiger partial charge in [-0.15, -0.1) is 12.4 Å². The molecule has 1 heterocycles. The van der Waals surface area contributed by atoms with Crippen LogP contribution in [0.15, 0.2) is 30.3 Å². The van der Waals surface area contributed by atoms with Gasteiger partial charge in [0.15, 0.2) is 0 Å². The summed E-state index contributed by atoms with van der Waals surface area (Å²) in [4.78, 5) is 12.1. The Balaban J connectivity index is 0.00000264. The molecule has 0 spiro atoms. The molecule has 0 atom stereocenters. The number of carbonyl (C=O) groups is 1. The van der Waals surface area contributed by atoms with Crippen LogP contribution in [-0.4, -0.2) is 35.8 Å². The van der Waals surface area contributed by atoms with E-state index in [1.54, 1.807) is 0 Å². The van der Waals surface area contributed by atoms with Gasteiger partial charge in [-0.1, -0.05) is 12.1 Å². The van der Waals surface area contributed by atoms with Crippen molar-refractivity contribution in [2.24, 2.45) is 0 Å². The molecule has 5 nitrogen and oxygen atoms in total. The number of hydrogen-bond acceptors (Lipinski definition) is 3. The number of rotatable bonds is 7. The van der Waals surface area contributed by atoms with Gasteiger partial charge in [0.05, 0.1) is 12.2 Å². The van der Waals surface area contributed by atoms with Crippen LogP contribution in [0, 0.1) is 13.8 Å². The summed E-state index contributed by atoms with van der Waals surface area (Å²) in [5.41, 5.74) is 3.91. The maximum atomic E-state index is 12.1. The van der Waals surface area contributed by atoms with E-state index >= 15 is 0 Å². The summed E-state index contributed by atoms with van der Waals surface area (Å²) in [6.07, 6.45) is 0.924. The van der Waals surface area contributed by atoms with E-state index in [0.717, 1.165) is 29.9 Å². The van der Waals surface area contributed by atoms with Crippen LogP contribution in [0.3, 0.4) is 0 Å². The molecule has 0 radical (unpaired) electrons. The molecule has 2 N–H and O–H groups in total. The Morgan fingerprint density at radius 2 is 2.00 bits per heavy atom. The van der Waals surface area contributed by atoms with Crippen LogP contribution in [-0.2, 0) is 6.54 Å². The highest BCUT2D eigenvalue weighted by Crippen LogP contribution is 2.10. The number of aromatic nitrogens is 2. The number of benzene rings is 1. The normalized spacial score (nSPS) is 10.2. The zero-order valence-electron chi connectivity index (χ0n) is 13.9. The van der Waals surface area contributed by atoms with E-state index in [-0.39, 0.29) is 18.3 Å². The highest BCUT2D eigenvalue weighted by Gasteiger charge is 2.07. The minimum atomic E-state index is -0.0219. The van der Waals surface area contributed by atoms with Crippen molar-refractivity contribution in [1.82, 2.24) is 20.4 Å². The Morgan fingerprint density at radius 3 is 2.65 bits per heavy atom. The number of amides is 1. The SMILES string of the molecule is CNCCCNC(=O)c1cccc(Cn2nc(C)cc2C)c1.Cl. The molecule has 2 aromatic rings. The third-order valence-corrected chi connectivity index (χ3v) is 3.51. The Kier molecular flexibility index (Phi) is 7.78. The lowest BCUT2D eigenvalue weighted by Gasteiger charge is -2.08. The first kappa shape index (κ1) is 19.2. The number of hydrogen-bond donors (Lipinski definition) is 2. The molecule has 126 valence electrons. The van der Waals surface area contributed by atoms with Crippen LogP contribution in [0.1, 0.15) is 33.7 Å². The van der Waals surface area contributed by atoms with E-state index in [4.69, 9.17) is 0 Å². The summed E-state index contributed by atoms with van der Waals surface area (Å²) >= 11 is 0. The van der Waals surface area contributed by atoms with Gasteiger partial charge in [-0.05, 0) is 57.6 Å². The molecule has 1 aromatic carbocycles. The molecule has 6 heteroatoms. The monoisotopic (exact) mass is 336 g/mol. The molecule has 0 unspecified atom stereocenters. The molecule has 0 saturated heterocycles. The summed E-state index contributed by atoms with van der Waals surface area (Å²) in [5, 5.41) is 10.5. The fourth-order valence-electron chi connectivity index (χ4n) is 2.39. The Bertz CT molecular complexity index is 639. The molecular weight excluding hydrogens is 312 g/mol. The van der Waals surface area contributed by atoms with Crippen LogP contribution in [0.2, 0.25) is 0 Å². The largest absolute Gasteiger partial charge is 0.352 e. The van der Waals surface area contributed by atoms with Crippen molar-refractivity contribution in [2.45, 2.75) is 26.8 Å². The quantitative estimate of drug-likeness (QED) is 0.763. The summed E-state index contributed by atoms with van der Waals surface area (Å²) in [5.74, 6) is -0.0219. The summed E-state index contributed by atoms with van der Waals surface area (Å²) in [6.45, 7) is 6.29. The average Bonchev–Trinajstić information content (AvgIpc) is 2.81. The van der Waals surface area contributed by atoms with Gasteiger partial charge in [0, 0.05) is 17.8 Å². The molecule has 23 heavy (non-hydrogen) atoms. The predicted molar refractivity (Wildman–Crippen MR) is 95.4 cm³/mol. The lowest BCUT2D eigenvalue weighted by molar-refractivity contribution is 0.0953. The zero-order valence-corrected chi connectivity index (χ0v) is 14.7. The van der Waals surface area contributed by atoms with E-state index in [0.29, 0.717) is 18.7 Å². The van der Waals surface area contributed by atoms with Crippen LogP contribution in [0.4, 0.5) is 0 Å². The topological polar surface area (TPSA) is 58.9 Å². The zero-order chi connectivity index (χ0) is 15.9. The maximum Gasteiger partial charge on any atom is 0.251 e. The van der Waals surface area contributed by atoms with E-state index in [1.807, 2.05) is 49.8 Å². The molecule has 1 amide bonds. The number of aryl methyl sites for hydroxylation is 2. The maximum absolute atomic E-state index is 12.1. The van der Waals surface area contributed by atoms with Crippen molar-refractivity contribution in [3.63, 3.8) is 0 Å². The van der Waals surface area contributed by atoms with Crippen LogP contribution in [0.25, 0.3) is 0 Å². The molecule has 2 rings (SSSR count). The van der Waals surface area contributed by atoms with Crippen molar-refractivity contribution in [2.75, 3.05) is 20.1 Å². The van der Waals surface area contributed by atoms with Gasteiger partial charge in [0.25, 0.3) is 5.91 Å². The molecule has 0 fully saturated rings. The van der Waals surface area contributed by atoms with Crippen molar-refractivity contribution < 1.29 is 4.79 Å². The smallest absolute Gasteiger partial charge is 0.251 e. The van der Waals surface area contributed by atoms with Gasteiger partial charge in [0.1, 0.15) is 0 Å². The van der Waals surface area contributed by atoms with Crippen LogP contribution >= 0.6 is 12.4 Å². The second-order valence-corrected chi connectivity index (χ2v) is 5.50. The third kappa shape index (κ3) is 5.69. The number of nitrogens with one attached hydrogen (secondary N) is 2. The van der Waals surface area contributed by atoms with Gasteiger partial charge in [0.2, 0.25) is 0 Å². The number of halogens is 1. The van der Waals surface area contributed by atoms with Gasteiger partial charge in [-0.25, -0.2) is 0 Å². The molecule has 0 aliphatic carbocycles. The van der Waals surface area contributed by atoms with Crippen LogP contribution < -0.4 is 10.6 Å². The molecule has 0 aliphatic heterocycles. The van der Waals surface area contributed by atoms with Gasteiger partial charge < -0.3 is 10.6 Å². The third-order valence-electron chi connectivity index (χ3n) is 3.51. The molecule has 1 aromatic heterocycles. The highest BCUT2D eigenvalue weighted by molar-refractivity contribution is 5.94. The fraction of sp³-hybridized carbons (Fsp3) is 0.412. The van der Waals surface area contributed by atoms with Gasteiger partial charge in [-0.3, -0.25) is 9.48 Å². The summed E-state index contributed by atoms with van der Waals surface area (Å²) in [6, 6.07) is 9.78. The molecule has 0 saturated carbocycles. The minimum Gasteiger partial charge on any atom is -0.352 e. The average molecular weight is 337 g/mol. The van der Waals surface area contributed by atoms with Gasteiger partial charge in [-0.2, -0.15) is 5.10 Å². The summed E-state index contributed by atoms with van der Waals surface area (Å²) in [7, 11) is 1.91. The van der Waals surface area contributed by atoms with Crippen LogP contribution in [0.5, 0.6) is 0 Å². The van der Waals surface area contributed by atoms with E-state index in [2.05, 4.69) is 21.8 Å². The van der Waals surface area contributed by atoms with Gasteiger partial charge >= 0.3 is 0 Å². The standard InChI is InChI=1S/C17H24N4O.ClH/c1-13-10-14(2)21(20-13)12-15-6-4-7-16(11-15)17(22)19-9-5-8-18-3;/h4,6-7,10-11,18H,5,8-9,12H2,1-3H3,(H,19,22);1H. The number of carbonyl (C=O) groups excluding carboxylic acids is 1. The lowest BCUT2D eigenvalue weighted by Crippen LogP contribution is -2.26. The highest BCUT2D eigenvalue weighted by atomic mass is 35.5. The first-order valence-electron chi connectivity index (χ1n) is 7.63. The van der Waals surface area contributed by atoms with E-state index in [1.165, 1.54) is 0 Å². The second kappa shape index (κ2) is 9.33. The van der Waals surface area contributed by atoms with Crippen molar-refractivity contribution in [1.29, 1.82) is 0 Å². The molecular formula is C17H25ClN4O. The Labute approximate surface area is 143 Å². The van der Waals surface area contributed by atoms with Crippen molar-refractivity contribution >= 4 is 18.3 Å². The molecule has 0 bridgehead atoms. The number of nitrogens with zero attached hydrogens (tertiary/aromatic N) is 2. The minimum absolute atomic E-state index is 0. The van der Waals surface area contributed by atoms with Crippen molar-refractivity contribution in [3.05, 3.63) is 52.8 Å². The Morgan fingerprint density at radius 1 is 1.22 bits per heavy atom. The second-order valence-electron chi connectivity index (χ2n) is 5.50. The lowest BCUT2D eigenvalue weighted by atomic mass is 10.1. The van der Waals surface area contributed by atoms with E-state index in [9.17, 15) is 4.79 Å². The fourth-order valence-corrected chi connectivity index (χ4v) is 2.39. The van der Waals surface area contributed by atoms with E-state index < -0.39 is 0 Å². The first-order chi connectivity index (χ1) is 10.6. The predicted octanol–water partition coefficient (Wildman–Crippen LogP) is 2.31. The first-order valence-corrected chi connectivity index (χ1v) is 7.63. The van der Waals surface area contributed by atoms with Crippen molar-refractivity contribution in [3.8, 4) is 0 Å². The molecule has 0 aliphatic rings.